The highest BCUT2D eigenvalue weighted by molar-refractivity contribution is 7.92. The Morgan fingerprint density at radius 1 is 1.03 bits per heavy atom. The summed E-state index contributed by atoms with van der Waals surface area (Å²) in [6.45, 7) is 9.53. The van der Waals surface area contributed by atoms with Crippen molar-refractivity contribution in [2.75, 3.05) is 24.2 Å². The van der Waals surface area contributed by atoms with Crippen LogP contribution in [0.2, 0.25) is 0 Å². The maximum atomic E-state index is 12.6. The Morgan fingerprint density at radius 2 is 1.69 bits per heavy atom. The van der Waals surface area contributed by atoms with Crippen molar-refractivity contribution in [1.29, 1.82) is 0 Å². The number of hydrazone groups is 1. The van der Waals surface area contributed by atoms with Gasteiger partial charge >= 0.3 is 0 Å². The van der Waals surface area contributed by atoms with Gasteiger partial charge in [-0.3, -0.25) is 9.10 Å². The Hall–Kier alpha value is -3.59. The van der Waals surface area contributed by atoms with Crippen LogP contribution in [0.15, 0.2) is 47.6 Å². The number of carbonyl (C=O) groups excluding carboxylic acids is 1. The van der Waals surface area contributed by atoms with Gasteiger partial charge in [0.2, 0.25) is 10.0 Å². The molecule has 0 radical (unpaired) electrons. The van der Waals surface area contributed by atoms with Crippen molar-refractivity contribution in [3.8, 4) is 11.4 Å². The molecule has 0 unspecified atom stereocenters. The number of sulfonamides is 1. The first-order valence-electron chi connectivity index (χ1n) is 11.1. The van der Waals surface area contributed by atoms with Crippen molar-refractivity contribution in [1.82, 2.24) is 9.99 Å². The van der Waals surface area contributed by atoms with Crippen LogP contribution in [0.5, 0.6) is 5.75 Å². The van der Waals surface area contributed by atoms with Crippen molar-refractivity contribution >= 4 is 27.8 Å². The van der Waals surface area contributed by atoms with E-state index in [9.17, 15) is 13.2 Å². The van der Waals surface area contributed by atoms with Gasteiger partial charge in [0, 0.05) is 22.6 Å². The molecule has 0 aliphatic heterocycles. The van der Waals surface area contributed by atoms with E-state index < -0.39 is 22.5 Å². The van der Waals surface area contributed by atoms with E-state index in [2.05, 4.69) is 47.1 Å². The number of benzene rings is 2. The molecule has 0 spiro atoms. The summed E-state index contributed by atoms with van der Waals surface area (Å²) in [6.07, 6.45) is 2.62. The van der Waals surface area contributed by atoms with E-state index in [-0.39, 0.29) is 0 Å². The zero-order valence-electron chi connectivity index (χ0n) is 21.2. The molecule has 1 aromatic heterocycles. The molecule has 0 saturated carbocycles. The summed E-state index contributed by atoms with van der Waals surface area (Å²) in [5.41, 5.74) is 9.87. The van der Waals surface area contributed by atoms with Crippen molar-refractivity contribution in [3.63, 3.8) is 0 Å². The van der Waals surface area contributed by atoms with Gasteiger partial charge in [0.15, 0.2) is 0 Å². The monoisotopic (exact) mass is 496 g/mol. The number of amides is 1. The minimum absolute atomic E-state index is 0.297. The van der Waals surface area contributed by atoms with Gasteiger partial charge in [-0.15, -0.1) is 0 Å². The normalized spacial score (nSPS) is 11.6. The number of anilines is 1. The number of rotatable bonds is 8. The van der Waals surface area contributed by atoms with Gasteiger partial charge in [-0.1, -0.05) is 12.1 Å². The predicted octanol–water partition coefficient (Wildman–Crippen LogP) is 3.94. The molecular formula is C26H32N4O4S. The molecule has 186 valence electrons. The average molecular weight is 497 g/mol. The third-order valence-corrected chi connectivity index (χ3v) is 6.74. The fourth-order valence-electron chi connectivity index (χ4n) is 4.11. The van der Waals surface area contributed by atoms with Gasteiger partial charge in [0.25, 0.3) is 5.91 Å². The Balaban J connectivity index is 1.80. The topological polar surface area (TPSA) is 93.0 Å². The molecule has 35 heavy (non-hydrogen) atoms. The largest absolute Gasteiger partial charge is 0.495 e. The maximum Gasteiger partial charge on any atom is 0.260 e. The van der Waals surface area contributed by atoms with Crippen LogP contribution in [0.25, 0.3) is 5.69 Å². The molecule has 8 nitrogen and oxygen atoms in total. The van der Waals surface area contributed by atoms with Gasteiger partial charge in [-0.25, -0.2) is 13.8 Å². The van der Waals surface area contributed by atoms with E-state index in [0.717, 1.165) is 38.8 Å². The van der Waals surface area contributed by atoms with Gasteiger partial charge in [-0.2, -0.15) is 5.10 Å². The number of aryl methyl sites for hydroxylation is 4. The molecule has 1 amide bonds. The van der Waals surface area contributed by atoms with Gasteiger partial charge in [-0.05, 0) is 81.6 Å². The van der Waals surface area contributed by atoms with Crippen LogP contribution in [0.3, 0.4) is 0 Å². The third-order valence-electron chi connectivity index (χ3n) is 5.62. The van der Waals surface area contributed by atoms with E-state index >= 15 is 0 Å². The lowest BCUT2D eigenvalue weighted by Crippen LogP contribution is -2.39. The highest BCUT2D eigenvalue weighted by Crippen LogP contribution is 2.30. The predicted molar refractivity (Wildman–Crippen MR) is 140 cm³/mol. The van der Waals surface area contributed by atoms with Crippen molar-refractivity contribution in [3.05, 3.63) is 76.1 Å². The number of methoxy groups -OCH3 is 1. The number of nitrogens with one attached hydrogen (secondary N) is 1. The Bertz CT molecular complexity index is 1370. The zero-order valence-corrected chi connectivity index (χ0v) is 22.0. The van der Waals surface area contributed by atoms with Crippen molar-refractivity contribution in [2.24, 2.45) is 5.10 Å². The van der Waals surface area contributed by atoms with Gasteiger partial charge < -0.3 is 9.30 Å². The second-order valence-electron chi connectivity index (χ2n) is 8.75. The van der Waals surface area contributed by atoms with E-state index in [1.807, 2.05) is 32.9 Å². The molecule has 9 heteroatoms. The van der Waals surface area contributed by atoms with Crippen LogP contribution in [0.1, 0.15) is 33.6 Å². The molecule has 3 aromatic rings. The molecule has 2 aromatic carbocycles. The molecule has 1 heterocycles. The van der Waals surface area contributed by atoms with Crippen molar-refractivity contribution in [2.45, 2.75) is 34.6 Å². The number of hydrogen-bond donors (Lipinski definition) is 1. The number of nitrogens with zero attached hydrogens (tertiary/aromatic N) is 3. The molecule has 0 saturated heterocycles. The summed E-state index contributed by atoms with van der Waals surface area (Å²) in [5, 5.41) is 4.08. The Labute approximate surface area is 207 Å². The van der Waals surface area contributed by atoms with E-state index in [4.69, 9.17) is 4.74 Å². The van der Waals surface area contributed by atoms with Crippen LogP contribution in [0.4, 0.5) is 5.69 Å². The lowest BCUT2D eigenvalue weighted by atomic mass is 10.1. The molecule has 0 atom stereocenters. The summed E-state index contributed by atoms with van der Waals surface area (Å²) in [5.74, 6) is -0.213. The number of carbonyl (C=O) groups is 1. The summed E-state index contributed by atoms with van der Waals surface area (Å²) in [6, 6.07) is 13.5. The zero-order chi connectivity index (χ0) is 25.9. The lowest BCUT2D eigenvalue weighted by Gasteiger charge is -2.23. The summed E-state index contributed by atoms with van der Waals surface area (Å²) < 4.78 is 33.4. The minimum atomic E-state index is -3.75. The molecule has 0 aliphatic rings. The van der Waals surface area contributed by atoms with Crippen LogP contribution >= 0.6 is 0 Å². The first-order valence-corrected chi connectivity index (χ1v) is 13.0. The second-order valence-corrected chi connectivity index (χ2v) is 10.7. The standard InChI is InChI=1S/C26H32N4O4S/c1-17-8-9-25(34-6)24(13-17)29(35(7,32)33)16-26(31)28-27-15-22-14-20(4)30(21(22)5)23-11-18(2)10-19(3)12-23/h8-15H,16H2,1-7H3,(H,28,31)/b27-15-. The average Bonchev–Trinajstić information content (AvgIpc) is 3.03. The Kier molecular flexibility index (Phi) is 7.70. The molecule has 3 rings (SSSR count). The van der Waals surface area contributed by atoms with Crippen LogP contribution < -0.4 is 14.5 Å². The summed E-state index contributed by atoms with van der Waals surface area (Å²) in [4.78, 5) is 12.6. The van der Waals surface area contributed by atoms with Crippen LogP contribution in [-0.2, 0) is 14.8 Å². The second kappa shape index (κ2) is 10.4. The Morgan fingerprint density at radius 3 is 2.29 bits per heavy atom. The molecule has 1 N–H and O–H groups in total. The van der Waals surface area contributed by atoms with E-state index in [1.54, 1.807) is 18.3 Å². The number of hydrogen-bond acceptors (Lipinski definition) is 5. The third kappa shape index (κ3) is 6.10. The molecule has 0 fully saturated rings. The number of aromatic nitrogens is 1. The van der Waals surface area contributed by atoms with Gasteiger partial charge in [0.1, 0.15) is 12.3 Å². The molecule has 0 bridgehead atoms. The van der Waals surface area contributed by atoms with E-state index in [0.29, 0.717) is 11.4 Å². The molecule has 0 aliphatic carbocycles. The van der Waals surface area contributed by atoms with E-state index in [1.165, 1.54) is 18.2 Å². The molecular weight excluding hydrogens is 464 g/mol. The summed E-state index contributed by atoms with van der Waals surface area (Å²) >= 11 is 0. The smallest absolute Gasteiger partial charge is 0.260 e. The quantitative estimate of drug-likeness (QED) is 0.378. The maximum absolute atomic E-state index is 12.6. The van der Waals surface area contributed by atoms with Crippen LogP contribution in [-0.4, -0.2) is 45.0 Å². The highest BCUT2D eigenvalue weighted by Gasteiger charge is 2.24. The number of ether oxygens (including phenoxy) is 1. The van der Waals surface area contributed by atoms with Crippen molar-refractivity contribution < 1.29 is 17.9 Å². The fourth-order valence-corrected chi connectivity index (χ4v) is 4.96. The summed E-state index contributed by atoms with van der Waals surface area (Å²) in [7, 11) is -2.30. The minimum Gasteiger partial charge on any atom is -0.495 e. The van der Waals surface area contributed by atoms with Crippen LogP contribution in [0, 0.1) is 34.6 Å². The first kappa shape index (κ1) is 26.0. The SMILES string of the molecule is COc1ccc(C)cc1N(CC(=O)N/N=C\c1cc(C)n(-c2cc(C)cc(C)c2)c1C)S(C)(=O)=O. The lowest BCUT2D eigenvalue weighted by molar-refractivity contribution is -0.119. The highest BCUT2D eigenvalue weighted by atomic mass is 32.2. The first-order chi connectivity index (χ1) is 16.4. The van der Waals surface area contributed by atoms with Gasteiger partial charge in [0.05, 0.1) is 25.3 Å². The fraction of sp³-hybridized carbons (Fsp3) is 0.308.